The molecule has 0 fully saturated rings. The quantitative estimate of drug-likeness (QED) is 0.727. The normalized spacial score (nSPS) is 10.7. The zero-order valence-electron chi connectivity index (χ0n) is 15.5. The molecule has 1 amide bonds. The third-order valence-corrected chi connectivity index (χ3v) is 4.11. The van der Waals surface area contributed by atoms with Crippen molar-refractivity contribution in [3.8, 4) is 5.69 Å². The topological polar surface area (TPSA) is 86.0 Å². The maximum Gasteiger partial charge on any atom is 0.352 e. The van der Waals surface area contributed by atoms with E-state index < -0.39 is 28.7 Å². The van der Waals surface area contributed by atoms with E-state index >= 15 is 0 Å². The molecule has 0 unspecified atom stereocenters. The monoisotopic (exact) mass is 382 g/mol. The molecular formula is C20H19FN4O3. The first kappa shape index (κ1) is 19.2. The Bertz CT molecular complexity index is 1130. The Balaban J connectivity index is 2.21. The van der Waals surface area contributed by atoms with Gasteiger partial charge in [-0.3, -0.25) is 14.2 Å². The second-order valence-corrected chi connectivity index (χ2v) is 6.26. The van der Waals surface area contributed by atoms with Crippen LogP contribution in [0.15, 0.2) is 58.1 Å². The highest BCUT2D eigenvalue weighted by Gasteiger charge is 2.20. The standard InChI is InChI=1S/C20H19FN4O3/c1-3-22-18(26)17-19(27)24(12-14-6-4-5-13(2)11-14)20(28)25(23-17)16-9-7-15(21)8-10-16/h4-11H,3,12H2,1-2H3,(H,22,26). The summed E-state index contributed by atoms with van der Waals surface area (Å²) >= 11 is 0. The first-order valence-corrected chi connectivity index (χ1v) is 8.74. The fourth-order valence-corrected chi connectivity index (χ4v) is 2.78. The summed E-state index contributed by atoms with van der Waals surface area (Å²) in [4.78, 5) is 38.0. The molecule has 0 saturated heterocycles. The minimum atomic E-state index is -0.782. The fraction of sp³-hybridized carbons (Fsp3) is 0.200. The highest BCUT2D eigenvalue weighted by atomic mass is 19.1. The lowest BCUT2D eigenvalue weighted by Crippen LogP contribution is -2.46. The van der Waals surface area contributed by atoms with Crippen LogP contribution in [0.1, 0.15) is 28.5 Å². The van der Waals surface area contributed by atoms with Gasteiger partial charge in [0.05, 0.1) is 12.2 Å². The number of benzene rings is 2. The molecule has 0 atom stereocenters. The van der Waals surface area contributed by atoms with E-state index in [1.165, 1.54) is 24.3 Å². The van der Waals surface area contributed by atoms with E-state index in [1.807, 2.05) is 25.1 Å². The van der Waals surface area contributed by atoms with Crippen LogP contribution >= 0.6 is 0 Å². The maximum absolute atomic E-state index is 13.3. The van der Waals surface area contributed by atoms with Gasteiger partial charge in [0.15, 0.2) is 0 Å². The van der Waals surface area contributed by atoms with Crippen molar-refractivity contribution in [3.63, 3.8) is 0 Å². The third-order valence-electron chi connectivity index (χ3n) is 4.11. The largest absolute Gasteiger partial charge is 0.352 e. The Hall–Kier alpha value is -3.55. The van der Waals surface area contributed by atoms with Crippen molar-refractivity contribution in [1.82, 2.24) is 19.7 Å². The average molecular weight is 382 g/mol. The van der Waals surface area contributed by atoms with Crippen molar-refractivity contribution in [2.45, 2.75) is 20.4 Å². The Morgan fingerprint density at radius 2 is 1.86 bits per heavy atom. The SMILES string of the molecule is CCNC(=O)c1nn(-c2ccc(F)cc2)c(=O)n(Cc2cccc(C)c2)c1=O. The van der Waals surface area contributed by atoms with Crippen molar-refractivity contribution < 1.29 is 9.18 Å². The van der Waals surface area contributed by atoms with Crippen LogP contribution in [0.5, 0.6) is 0 Å². The number of aryl methyl sites for hydroxylation is 1. The van der Waals surface area contributed by atoms with Crippen LogP contribution in [0.3, 0.4) is 0 Å². The summed E-state index contributed by atoms with van der Waals surface area (Å²) in [5, 5.41) is 6.47. The Labute approximate surface area is 160 Å². The summed E-state index contributed by atoms with van der Waals surface area (Å²) in [5.41, 5.74) is 0.0515. The molecule has 144 valence electrons. The smallest absolute Gasteiger partial charge is 0.351 e. The summed E-state index contributed by atoms with van der Waals surface area (Å²) < 4.78 is 15.1. The van der Waals surface area contributed by atoms with Crippen LogP contribution in [-0.4, -0.2) is 26.8 Å². The summed E-state index contributed by atoms with van der Waals surface area (Å²) in [7, 11) is 0. The van der Waals surface area contributed by atoms with Crippen LogP contribution in [0.2, 0.25) is 0 Å². The molecule has 0 aliphatic rings. The van der Waals surface area contributed by atoms with E-state index in [-0.39, 0.29) is 12.2 Å². The Kier molecular flexibility index (Phi) is 5.49. The van der Waals surface area contributed by atoms with E-state index in [2.05, 4.69) is 10.4 Å². The number of aromatic nitrogens is 3. The molecule has 2 aromatic carbocycles. The molecular weight excluding hydrogens is 363 g/mol. The summed E-state index contributed by atoms with van der Waals surface area (Å²) in [6.45, 7) is 3.89. The minimum absolute atomic E-state index is 0.0184. The fourth-order valence-electron chi connectivity index (χ4n) is 2.78. The number of amides is 1. The molecule has 28 heavy (non-hydrogen) atoms. The van der Waals surface area contributed by atoms with Crippen LogP contribution in [0.4, 0.5) is 4.39 Å². The first-order valence-electron chi connectivity index (χ1n) is 8.74. The number of hydrogen-bond acceptors (Lipinski definition) is 4. The van der Waals surface area contributed by atoms with Crippen LogP contribution in [0, 0.1) is 12.7 Å². The lowest BCUT2D eigenvalue weighted by Gasteiger charge is -2.12. The van der Waals surface area contributed by atoms with Crippen LogP contribution in [0.25, 0.3) is 5.69 Å². The molecule has 0 saturated carbocycles. The van der Waals surface area contributed by atoms with E-state index in [0.29, 0.717) is 6.54 Å². The number of carbonyl (C=O) groups is 1. The number of halogens is 1. The molecule has 8 heteroatoms. The van der Waals surface area contributed by atoms with E-state index in [9.17, 15) is 18.8 Å². The van der Waals surface area contributed by atoms with Gasteiger partial charge >= 0.3 is 5.69 Å². The molecule has 7 nitrogen and oxygen atoms in total. The van der Waals surface area contributed by atoms with Gasteiger partial charge in [0, 0.05) is 6.54 Å². The molecule has 1 heterocycles. The number of rotatable bonds is 5. The van der Waals surface area contributed by atoms with Crippen molar-refractivity contribution in [3.05, 3.63) is 92.0 Å². The summed E-state index contributed by atoms with van der Waals surface area (Å²) in [6.07, 6.45) is 0. The van der Waals surface area contributed by atoms with Gasteiger partial charge in [0.1, 0.15) is 5.82 Å². The molecule has 3 aromatic rings. The highest BCUT2D eigenvalue weighted by molar-refractivity contribution is 5.91. The molecule has 0 spiro atoms. The van der Waals surface area contributed by atoms with Gasteiger partial charge in [0.25, 0.3) is 11.5 Å². The molecule has 0 bridgehead atoms. The van der Waals surface area contributed by atoms with Crippen molar-refractivity contribution >= 4 is 5.91 Å². The Morgan fingerprint density at radius 1 is 1.14 bits per heavy atom. The van der Waals surface area contributed by atoms with Crippen LogP contribution < -0.4 is 16.6 Å². The summed E-state index contributed by atoms with van der Waals surface area (Å²) in [5.74, 6) is -1.16. The van der Waals surface area contributed by atoms with Crippen molar-refractivity contribution in [1.29, 1.82) is 0 Å². The van der Waals surface area contributed by atoms with E-state index in [4.69, 9.17) is 0 Å². The van der Waals surface area contributed by atoms with Gasteiger partial charge in [-0.1, -0.05) is 29.8 Å². The predicted octanol–water partition coefficient (Wildman–Crippen LogP) is 1.64. The Morgan fingerprint density at radius 3 is 2.50 bits per heavy atom. The maximum atomic E-state index is 13.3. The van der Waals surface area contributed by atoms with Gasteiger partial charge in [0.2, 0.25) is 5.69 Å². The number of hydrogen-bond donors (Lipinski definition) is 1. The second kappa shape index (κ2) is 7.99. The molecule has 0 aliphatic carbocycles. The number of nitrogens with zero attached hydrogens (tertiary/aromatic N) is 3. The minimum Gasteiger partial charge on any atom is -0.351 e. The van der Waals surface area contributed by atoms with Gasteiger partial charge in [-0.2, -0.15) is 9.78 Å². The van der Waals surface area contributed by atoms with E-state index in [0.717, 1.165) is 20.4 Å². The van der Waals surface area contributed by atoms with Crippen molar-refractivity contribution in [2.75, 3.05) is 6.54 Å². The molecule has 3 rings (SSSR count). The molecule has 0 aliphatic heterocycles. The zero-order chi connectivity index (χ0) is 20.3. The molecule has 0 radical (unpaired) electrons. The summed E-state index contributed by atoms with van der Waals surface area (Å²) in [6, 6.07) is 12.4. The number of nitrogens with one attached hydrogen (secondary N) is 1. The van der Waals surface area contributed by atoms with Gasteiger partial charge in [-0.05, 0) is 43.7 Å². The van der Waals surface area contributed by atoms with E-state index in [1.54, 1.807) is 13.0 Å². The van der Waals surface area contributed by atoms with Gasteiger partial charge in [-0.25, -0.2) is 9.18 Å². The van der Waals surface area contributed by atoms with Crippen LogP contribution in [-0.2, 0) is 6.54 Å². The second-order valence-electron chi connectivity index (χ2n) is 6.26. The molecule has 1 aromatic heterocycles. The van der Waals surface area contributed by atoms with Gasteiger partial charge < -0.3 is 5.32 Å². The number of carbonyl (C=O) groups excluding carboxylic acids is 1. The molecule has 1 N–H and O–H groups in total. The third kappa shape index (κ3) is 3.90. The lowest BCUT2D eigenvalue weighted by molar-refractivity contribution is 0.0946. The first-order chi connectivity index (χ1) is 13.4. The highest BCUT2D eigenvalue weighted by Crippen LogP contribution is 2.07. The van der Waals surface area contributed by atoms with Gasteiger partial charge in [-0.15, -0.1) is 0 Å². The predicted molar refractivity (Wildman–Crippen MR) is 102 cm³/mol. The zero-order valence-corrected chi connectivity index (χ0v) is 15.5. The lowest BCUT2D eigenvalue weighted by atomic mass is 10.1. The van der Waals surface area contributed by atoms with Crippen molar-refractivity contribution in [2.24, 2.45) is 0 Å². The average Bonchev–Trinajstić information content (AvgIpc) is 2.66.